The van der Waals surface area contributed by atoms with Crippen LogP contribution in [0.3, 0.4) is 0 Å². The first-order valence-electron chi connectivity index (χ1n) is 8.99. The van der Waals surface area contributed by atoms with Crippen LogP contribution in [0.15, 0.2) is 30.3 Å². The van der Waals surface area contributed by atoms with E-state index in [9.17, 15) is 4.79 Å². The number of nitrogens with two attached hydrogens (primary N) is 1. The number of hydrogen-bond donors (Lipinski definition) is 2. The van der Waals surface area contributed by atoms with Gasteiger partial charge in [-0.15, -0.1) is 0 Å². The van der Waals surface area contributed by atoms with Gasteiger partial charge in [-0.25, -0.2) is 0 Å². The smallest absolute Gasteiger partial charge is 0.241 e. The van der Waals surface area contributed by atoms with Crippen molar-refractivity contribution in [1.29, 1.82) is 0 Å². The molecule has 0 bridgehead atoms. The fourth-order valence-electron chi connectivity index (χ4n) is 3.63. The number of nitrogens with one attached hydrogen (secondary N) is 1. The SMILES string of the molecule is CCC(CC)C(CNC(=O)C(N)c1ccccc1)N1CCCC1. The largest absolute Gasteiger partial charge is 0.353 e. The van der Waals surface area contributed by atoms with Crippen LogP contribution in [-0.2, 0) is 4.79 Å². The maximum atomic E-state index is 12.4. The van der Waals surface area contributed by atoms with E-state index in [2.05, 4.69) is 24.1 Å². The molecule has 128 valence electrons. The maximum absolute atomic E-state index is 12.4. The second kappa shape index (κ2) is 9.04. The van der Waals surface area contributed by atoms with Crippen molar-refractivity contribution in [2.75, 3.05) is 19.6 Å². The van der Waals surface area contributed by atoms with Crippen molar-refractivity contribution < 1.29 is 4.79 Å². The van der Waals surface area contributed by atoms with Gasteiger partial charge in [0.1, 0.15) is 6.04 Å². The third-order valence-corrected chi connectivity index (χ3v) is 5.13. The van der Waals surface area contributed by atoms with Gasteiger partial charge in [0.15, 0.2) is 0 Å². The molecule has 1 aliphatic heterocycles. The maximum Gasteiger partial charge on any atom is 0.241 e. The van der Waals surface area contributed by atoms with Crippen LogP contribution >= 0.6 is 0 Å². The highest BCUT2D eigenvalue weighted by molar-refractivity contribution is 5.82. The predicted molar refractivity (Wildman–Crippen MR) is 95.0 cm³/mol. The van der Waals surface area contributed by atoms with Crippen LogP contribution in [0.5, 0.6) is 0 Å². The lowest BCUT2D eigenvalue weighted by molar-refractivity contribution is -0.122. The first-order valence-corrected chi connectivity index (χ1v) is 8.99. The quantitative estimate of drug-likeness (QED) is 0.775. The Balaban J connectivity index is 1.95. The molecule has 4 heteroatoms. The van der Waals surface area contributed by atoms with Crippen LogP contribution in [0.1, 0.15) is 51.1 Å². The number of carbonyl (C=O) groups excluding carboxylic acids is 1. The van der Waals surface area contributed by atoms with Crippen molar-refractivity contribution >= 4 is 5.91 Å². The molecule has 3 N–H and O–H groups in total. The summed E-state index contributed by atoms with van der Waals surface area (Å²) in [4.78, 5) is 15.0. The fourth-order valence-corrected chi connectivity index (χ4v) is 3.63. The summed E-state index contributed by atoms with van der Waals surface area (Å²) in [6.07, 6.45) is 4.85. The summed E-state index contributed by atoms with van der Waals surface area (Å²) >= 11 is 0. The molecular formula is C19H31N3O. The van der Waals surface area contributed by atoms with E-state index in [0.717, 1.165) is 31.5 Å². The van der Waals surface area contributed by atoms with Gasteiger partial charge < -0.3 is 11.1 Å². The number of carbonyl (C=O) groups is 1. The minimum Gasteiger partial charge on any atom is -0.353 e. The highest BCUT2D eigenvalue weighted by Gasteiger charge is 2.28. The van der Waals surface area contributed by atoms with E-state index in [1.807, 2.05) is 30.3 Å². The molecule has 0 saturated carbocycles. The Morgan fingerprint density at radius 2 is 1.78 bits per heavy atom. The molecule has 2 rings (SSSR count). The zero-order chi connectivity index (χ0) is 16.7. The second-order valence-electron chi connectivity index (χ2n) is 6.52. The number of amides is 1. The van der Waals surface area contributed by atoms with Crippen molar-refractivity contribution in [2.24, 2.45) is 11.7 Å². The topological polar surface area (TPSA) is 58.4 Å². The first-order chi connectivity index (χ1) is 11.2. The van der Waals surface area contributed by atoms with Gasteiger partial charge in [0.05, 0.1) is 0 Å². The van der Waals surface area contributed by atoms with E-state index in [4.69, 9.17) is 5.73 Å². The van der Waals surface area contributed by atoms with Gasteiger partial charge in [-0.3, -0.25) is 9.69 Å². The van der Waals surface area contributed by atoms with Crippen molar-refractivity contribution in [3.63, 3.8) is 0 Å². The van der Waals surface area contributed by atoms with E-state index in [-0.39, 0.29) is 5.91 Å². The van der Waals surface area contributed by atoms with Gasteiger partial charge in [0.2, 0.25) is 5.91 Å². The zero-order valence-electron chi connectivity index (χ0n) is 14.5. The Morgan fingerprint density at radius 3 is 2.35 bits per heavy atom. The molecule has 1 fully saturated rings. The number of rotatable bonds is 8. The molecule has 2 unspecified atom stereocenters. The third-order valence-electron chi connectivity index (χ3n) is 5.13. The normalized spacial score (nSPS) is 18.1. The molecule has 1 saturated heterocycles. The Bertz CT molecular complexity index is 465. The summed E-state index contributed by atoms with van der Waals surface area (Å²) in [5.41, 5.74) is 6.96. The molecule has 23 heavy (non-hydrogen) atoms. The Morgan fingerprint density at radius 1 is 1.17 bits per heavy atom. The Kier molecular flexibility index (Phi) is 7.06. The molecule has 4 nitrogen and oxygen atoms in total. The molecule has 0 radical (unpaired) electrons. The zero-order valence-corrected chi connectivity index (χ0v) is 14.5. The van der Waals surface area contributed by atoms with Crippen molar-refractivity contribution in [3.05, 3.63) is 35.9 Å². The van der Waals surface area contributed by atoms with Crippen molar-refractivity contribution in [1.82, 2.24) is 10.2 Å². The monoisotopic (exact) mass is 317 g/mol. The molecule has 0 spiro atoms. The number of likely N-dealkylation sites (tertiary alicyclic amines) is 1. The molecule has 0 aromatic heterocycles. The molecule has 1 heterocycles. The Hall–Kier alpha value is -1.39. The molecule has 1 aromatic carbocycles. The summed E-state index contributed by atoms with van der Waals surface area (Å²) in [6, 6.07) is 9.42. The average molecular weight is 317 g/mol. The van der Waals surface area contributed by atoms with Crippen LogP contribution in [0.25, 0.3) is 0 Å². The van der Waals surface area contributed by atoms with Crippen molar-refractivity contribution in [3.8, 4) is 0 Å². The first kappa shape index (κ1) is 18.0. The van der Waals surface area contributed by atoms with Crippen LogP contribution in [0, 0.1) is 5.92 Å². The lowest BCUT2D eigenvalue weighted by atomic mass is 9.92. The fraction of sp³-hybridized carbons (Fsp3) is 0.632. The molecular weight excluding hydrogens is 286 g/mol. The van der Waals surface area contributed by atoms with Crippen LogP contribution in [0.4, 0.5) is 0 Å². The van der Waals surface area contributed by atoms with Crippen LogP contribution < -0.4 is 11.1 Å². The molecule has 1 amide bonds. The second-order valence-corrected chi connectivity index (χ2v) is 6.52. The molecule has 0 aliphatic carbocycles. The van der Waals surface area contributed by atoms with Gasteiger partial charge >= 0.3 is 0 Å². The van der Waals surface area contributed by atoms with Gasteiger partial charge in [-0.2, -0.15) is 0 Å². The lowest BCUT2D eigenvalue weighted by Gasteiger charge is -2.34. The van der Waals surface area contributed by atoms with Crippen molar-refractivity contribution in [2.45, 2.75) is 51.6 Å². The highest BCUT2D eigenvalue weighted by atomic mass is 16.2. The van der Waals surface area contributed by atoms with E-state index >= 15 is 0 Å². The summed E-state index contributed by atoms with van der Waals surface area (Å²) in [7, 11) is 0. The average Bonchev–Trinajstić information content (AvgIpc) is 3.12. The summed E-state index contributed by atoms with van der Waals surface area (Å²) in [5.74, 6) is 0.549. The predicted octanol–water partition coefficient (Wildman–Crippen LogP) is 2.70. The van der Waals surface area contributed by atoms with E-state index in [1.54, 1.807) is 0 Å². The number of hydrogen-bond acceptors (Lipinski definition) is 3. The van der Waals surface area contributed by atoms with Crippen LogP contribution in [-0.4, -0.2) is 36.5 Å². The molecule has 1 aliphatic rings. The highest BCUT2D eigenvalue weighted by Crippen LogP contribution is 2.22. The number of benzene rings is 1. The van der Waals surface area contributed by atoms with Gasteiger partial charge in [-0.1, -0.05) is 57.0 Å². The van der Waals surface area contributed by atoms with Crippen LogP contribution in [0.2, 0.25) is 0 Å². The minimum absolute atomic E-state index is 0.0775. The lowest BCUT2D eigenvalue weighted by Crippen LogP contribution is -2.48. The van der Waals surface area contributed by atoms with E-state index < -0.39 is 6.04 Å². The summed E-state index contributed by atoms with van der Waals surface area (Å²) < 4.78 is 0. The van der Waals surface area contributed by atoms with Gasteiger partial charge in [0, 0.05) is 12.6 Å². The summed E-state index contributed by atoms with van der Waals surface area (Å²) in [6.45, 7) is 7.50. The number of nitrogens with zero attached hydrogens (tertiary/aromatic N) is 1. The van der Waals surface area contributed by atoms with Gasteiger partial charge in [0.25, 0.3) is 0 Å². The third kappa shape index (κ3) is 4.79. The summed E-state index contributed by atoms with van der Waals surface area (Å²) in [5, 5.41) is 3.10. The minimum atomic E-state index is -0.586. The standard InChI is InChI=1S/C19H31N3O/c1-3-15(4-2)17(22-12-8-9-13-22)14-21-19(23)18(20)16-10-6-5-7-11-16/h5-7,10-11,15,17-18H,3-4,8-9,12-14,20H2,1-2H3,(H,21,23). The van der Waals surface area contributed by atoms with E-state index in [0.29, 0.717) is 18.5 Å². The molecule has 1 aromatic rings. The molecule has 2 atom stereocenters. The van der Waals surface area contributed by atoms with E-state index in [1.165, 1.54) is 12.8 Å². The Labute approximate surface area is 140 Å². The van der Waals surface area contributed by atoms with Gasteiger partial charge in [-0.05, 0) is 37.4 Å².